The summed E-state index contributed by atoms with van der Waals surface area (Å²) in [7, 11) is -6.02. The summed E-state index contributed by atoms with van der Waals surface area (Å²) in [5.74, 6) is -2.70. The van der Waals surface area contributed by atoms with Gasteiger partial charge in [0, 0.05) is 19.3 Å². The minimum atomic E-state index is -3.86. The second-order valence-electron chi connectivity index (χ2n) is 11.1. The molecule has 0 bridgehead atoms. The molecule has 0 aromatic heterocycles. The predicted octanol–water partition coefficient (Wildman–Crippen LogP) is 1.79. The zero-order valence-corrected chi connectivity index (χ0v) is 27.6. The summed E-state index contributed by atoms with van der Waals surface area (Å²) in [4.78, 5) is 26.2. The van der Waals surface area contributed by atoms with E-state index >= 15 is 0 Å². The molecule has 0 saturated carbocycles. The lowest BCUT2D eigenvalue weighted by molar-refractivity contribution is -0.128. The summed E-state index contributed by atoms with van der Waals surface area (Å²) in [5.41, 5.74) is 1.74. The van der Waals surface area contributed by atoms with Crippen molar-refractivity contribution in [2.24, 2.45) is 0 Å². The molecule has 1 unspecified atom stereocenters. The van der Waals surface area contributed by atoms with E-state index in [1.807, 2.05) is 68.4 Å². The number of nitrogens with one attached hydrogen (secondary N) is 3. The first-order valence-corrected chi connectivity index (χ1v) is 18.6. The fraction of sp³-hybridized carbons (Fsp3) is 0.548. The fourth-order valence-corrected chi connectivity index (χ4v) is 7.62. The predicted molar refractivity (Wildman–Crippen MR) is 172 cm³/mol. The lowest BCUT2D eigenvalue weighted by Crippen LogP contribution is -2.57. The molecule has 11 nitrogen and oxygen atoms in total. The number of methoxy groups -OCH3 is 1. The first-order chi connectivity index (χ1) is 20.8. The zero-order chi connectivity index (χ0) is 32.8. The van der Waals surface area contributed by atoms with E-state index in [1.165, 1.54) is 0 Å². The van der Waals surface area contributed by atoms with E-state index < -0.39 is 66.4 Å². The van der Waals surface area contributed by atoms with E-state index in [-0.39, 0.29) is 13.0 Å². The van der Waals surface area contributed by atoms with Crippen molar-refractivity contribution in [2.45, 2.75) is 75.9 Å². The summed E-state index contributed by atoms with van der Waals surface area (Å²) in [6, 6.07) is 14.2. The number of rotatable bonds is 20. The maximum Gasteiger partial charge on any atom is 0.243 e. The minimum Gasteiger partial charge on any atom is -0.497 e. The highest BCUT2D eigenvalue weighted by Gasteiger charge is 2.34. The Bertz CT molecular complexity index is 1400. The zero-order valence-electron chi connectivity index (χ0n) is 26.0. The summed E-state index contributed by atoms with van der Waals surface area (Å²) in [6.45, 7) is 4.24. The van der Waals surface area contributed by atoms with Crippen LogP contribution in [-0.4, -0.2) is 88.6 Å². The van der Waals surface area contributed by atoms with Crippen molar-refractivity contribution in [3.8, 4) is 5.75 Å². The highest BCUT2D eigenvalue weighted by Crippen LogP contribution is 2.17. The van der Waals surface area contributed by atoms with Crippen molar-refractivity contribution in [1.29, 1.82) is 0 Å². The summed E-state index contributed by atoms with van der Waals surface area (Å²) in [6.07, 6.45) is 2.04. The van der Waals surface area contributed by atoms with Crippen molar-refractivity contribution in [3.63, 3.8) is 0 Å². The largest absolute Gasteiger partial charge is 0.497 e. The number of carbonyl (C=O) groups is 2. The van der Waals surface area contributed by atoms with Crippen LogP contribution in [-0.2, 0) is 42.2 Å². The van der Waals surface area contributed by atoms with Gasteiger partial charge in [0.25, 0.3) is 0 Å². The van der Waals surface area contributed by atoms with Gasteiger partial charge < -0.3 is 25.8 Å². The number of hydrogen-bond acceptors (Lipinski definition) is 9. The maximum atomic E-state index is 13.6. The molecule has 3 atom stereocenters. The number of amides is 2. The average Bonchev–Trinajstić information content (AvgIpc) is 2.95. The Morgan fingerprint density at radius 1 is 0.909 bits per heavy atom. The molecule has 0 aliphatic heterocycles. The number of carbonyl (C=O) groups excluding carboxylic acids is 2. The highest BCUT2D eigenvalue weighted by atomic mass is 32.2. The standard InChI is InChI=1S/C31H47N3O8S2/c1-5-11-26(12-6-2)44(40,41)21-28(33-30(36)22-43(4,38)39)31(37)34-27(18-23-13-8-7-9-14-23)29(35)20-32-19-24-15-10-16-25(17-24)42-3/h7-10,13-17,26-29,32,35H,5-6,11-12,18-22H2,1-4H3,(H,33,36)(H,34,37)/t27-,28?,29+/m0/s1. The number of sulfone groups is 2. The van der Waals surface area contributed by atoms with E-state index in [0.717, 1.165) is 17.4 Å². The summed E-state index contributed by atoms with van der Waals surface area (Å²) < 4.78 is 55.5. The Hall–Kier alpha value is -3.00. The molecule has 246 valence electrons. The fourth-order valence-electron chi connectivity index (χ4n) is 4.90. The molecule has 0 radical (unpaired) electrons. The molecule has 0 aliphatic rings. The van der Waals surface area contributed by atoms with Crippen LogP contribution < -0.4 is 20.7 Å². The monoisotopic (exact) mass is 653 g/mol. The number of aliphatic hydroxyl groups excluding tert-OH is 1. The van der Waals surface area contributed by atoms with E-state index in [4.69, 9.17) is 4.74 Å². The topological polar surface area (TPSA) is 168 Å². The van der Waals surface area contributed by atoms with Crippen LogP contribution in [0, 0.1) is 0 Å². The molecule has 0 spiro atoms. The Labute approximate surface area is 262 Å². The van der Waals surface area contributed by atoms with E-state index in [9.17, 15) is 31.5 Å². The lowest BCUT2D eigenvalue weighted by Gasteiger charge is -2.28. The van der Waals surface area contributed by atoms with Gasteiger partial charge >= 0.3 is 0 Å². The molecule has 2 rings (SSSR count). The molecule has 2 amide bonds. The van der Waals surface area contributed by atoms with Crippen molar-refractivity contribution in [1.82, 2.24) is 16.0 Å². The van der Waals surface area contributed by atoms with Gasteiger partial charge in [0.05, 0.1) is 30.3 Å². The molecule has 0 aliphatic carbocycles. The van der Waals surface area contributed by atoms with Gasteiger partial charge in [-0.25, -0.2) is 16.8 Å². The third kappa shape index (κ3) is 13.3. The molecule has 2 aromatic rings. The van der Waals surface area contributed by atoms with Crippen LogP contribution in [0.15, 0.2) is 54.6 Å². The Morgan fingerprint density at radius 2 is 1.55 bits per heavy atom. The van der Waals surface area contributed by atoms with Gasteiger partial charge in [0.1, 0.15) is 17.5 Å². The highest BCUT2D eigenvalue weighted by molar-refractivity contribution is 7.92. The summed E-state index contributed by atoms with van der Waals surface area (Å²) >= 11 is 0. The van der Waals surface area contributed by atoms with Crippen molar-refractivity contribution < 1.29 is 36.3 Å². The van der Waals surface area contributed by atoms with Gasteiger partial charge in [0.2, 0.25) is 11.8 Å². The Kier molecular flexibility index (Phi) is 15.3. The van der Waals surface area contributed by atoms with Crippen LogP contribution in [0.4, 0.5) is 0 Å². The van der Waals surface area contributed by atoms with Gasteiger partial charge in [-0.15, -0.1) is 0 Å². The first kappa shape index (κ1) is 37.2. The van der Waals surface area contributed by atoms with E-state index in [1.54, 1.807) is 7.11 Å². The SMILES string of the molecule is CCCC(CCC)S(=O)(=O)CC(NC(=O)CS(C)(=O)=O)C(=O)N[C@@H](Cc1ccccc1)[C@H](O)CNCc1cccc(OC)c1. The average molecular weight is 654 g/mol. The molecule has 4 N–H and O–H groups in total. The van der Waals surface area contributed by atoms with E-state index in [2.05, 4.69) is 16.0 Å². The molecule has 2 aromatic carbocycles. The van der Waals surface area contributed by atoms with Gasteiger partial charge in [-0.3, -0.25) is 9.59 Å². The van der Waals surface area contributed by atoms with Crippen LogP contribution in [0.25, 0.3) is 0 Å². The quantitative estimate of drug-likeness (QED) is 0.167. The van der Waals surface area contributed by atoms with Crippen LogP contribution in [0.3, 0.4) is 0 Å². The second-order valence-corrected chi connectivity index (χ2v) is 15.5. The van der Waals surface area contributed by atoms with Gasteiger partial charge in [0.15, 0.2) is 19.7 Å². The molecule has 13 heteroatoms. The number of benzene rings is 2. The number of ether oxygens (including phenoxy) is 1. The second kappa shape index (κ2) is 18.1. The van der Waals surface area contributed by atoms with Crippen LogP contribution >= 0.6 is 0 Å². The first-order valence-electron chi connectivity index (χ1n) is 14.8. The van der Waals surface area contributed by atoms with Gasteiger partial charge in [-0.1, -0.05) is 69.2 Å². The van der Waals surface area contributed by atoms with Crippen molar-refractivity contribution in [2.75, 3.05) is 31.4 Å². The molecular formula is C31H47N3O8S2. The van der Waals surface area contributed by atoms with Crippen LogP contribution in [0.1, 0.15) is 50.7 Å². The third-order valence-corrected chi connectivity index (χ3v) is 10.2. The van der Waals surface area contributed by atoms with E-state index in [0.29, 0.717) is 38.0 Å². The maximum absolute atomic E-state index is 13.6. The minimum absolute atomic E-state index is 0.0907. The Balaban J connectivity index is 2.29. The van der Waals surface area contributed by atoms with Gasteiger partial charge in [-0.2, -0.15) is 0 Å². The van der Waals surface area contributed by atoms with Crippen LogP contribution in [0.2, 0.25) is 0 Å². The smallest absolute Gasteiger partial charge is 0.243 e. The normalized spacial score (nSPS) is 14.0. The van der Waals surface area contributed by atoms with Crippen molar-refractivity contribution >= 4 is 31.5 Å². The molecule has 0 saturated heterocycles. The van der Waals surface area contributed by atoms with Gasteiger partial charge in [-0.05, 0) is 42.5 Å². The third-order valence-electron chi connectivity index (χ3n) is 7.08. The molecule has 0 fully saturated rings. The number of aliphatic hydroxyl groups is 1. The number of hydrogen-bond donors (Lipinski definition) is 4. The van der Waals surface area contributed by atoms with Crippen molar-refractivity contribution in [3.05, 3.63) is 65.7 Å². The lowest BCUT2D eigenvalue weighted by atomic mass is 10.0. The molecule has 0 heterocycles. The summed E-state index contributed by atoms with van der Waals surface area (Å²) in [5, 5.41) is 18.7. The molecular weight excluding hydrogens is 606 g/mol. The Morgan fingerprint density at radius 3 is 2.14 bits per heavy atom. The van der Waals surface area contributed by atoms with Crippen LogP contribution in [0.5, 0.6) is 5.75 Å². The molecule has 44 heavy (non-hydrogen) atoms.